The van der Waals surface area contributed by atoms with Gasteiger partial charge in [-0.2, -0.15) is 0 Å². The van der Waals surface area contributed by atoms with Crippen molar-refractivity contribution in [1.82, 2.24) is 4.90 Å². The van der Waals surface area contributed by atoms with Crippen LogP contribution in [0.2, 0.25) is 0 Å². The number of piperidine rings is 2. The summed E-state index contributed by atoms with van der Waals surface area (Å²) in [7, 11) is 0. The van der Waals surface area contributed by atoms with Crippen molar-refractivity contribution >= 4 is 11.7 Å². The van der Waals surface area contributed by atoms with E-state index in [2.05, 4.69) is 34.3 Å². The average Bonchev–Trinajstić information content (AvgIpc) is 2.68. The maximum atomic E-state index is 13.0. The van der Waals surface area contributed by atoms with Crippen LogP contribution < -0.4 is 0 Å². The fraction of sp³-hybridized carbons (Fsp3) is 0.364. The van der Waals surface area contributed by atoms with Crippen molar-refractivity contribution in [3.8, 4) is 0 Å². The Bertz CT molecular complexity index is 804. The van der Waals surface area contributed by atoms with Crippen LogP contribution in [-0.2, 0) is 11.4 Å². The van der Waals surface area contributed by atoms with E-state index in [1.54, 1.807) is 0 Å². The predicted molar refractivity (Wildman–Crippen MR) is 102 cm³/mol. The molecule has 2 aliphatic rings. The van der Waals surface area contributed by atoms with Crippen LogP contribution in [0.3, 0.4) is 0 Å². The highest BCUT2D eigenvalue weighted by Crippen LogP contribution is 2.34. The highest BCUT2D eigenvalue weighted by Gasteiger charge is 2.36. The van der Waals surface area contributed by atoms with Gasteiger partial charge in [0.1, 0.15) is 5.82 Å². The van der Waals surface area contributed by atoms with E-state index in [0.29, 0.717) is 17.6 Å². The van der Waals surface area contributed by atoms with Gasteiger partial charge in [0.15, 0.2) is 0 Å². The summed E-state index contributed by atoms with van der Waals surface area (Å²) in [4.78, 5) is 19.8. The Labute approximate surface area is 158 Å². The number of carbonyl (C=O) groups is 1. The zero-order valence-electron chi connectivity index (χ0n) is 15.2. The van der Waals surface area contributed by atoms with Crippen LogP contribution in [0.1, 0.15) is 48.0 Å². The normalized spacial score (nSPS) is 22.3. The van der Waals surface area contributed by atoms with E-state index in [0.717, 1.165) is 37.9 Å². The lowest BCUT2D eigenvalue weighted by Gasteiger charge is -2.46. The standard InChI is InChI=1S/C22H23FN2O2/c23-18-11-9-17(10-12-18)22(26)27-24-19-13-20-7-4-8-21(14-19)25(20)15-16-5-2-1-3-6-16/h1-3,5-6,9-12,20-21H,4,7-8,13-15H2/t20-,21-/m0/s1. The van der Waals surface area contributed by atoms with Gasteiger partial charge < -0.3 is 4.84 Å². The van der Waals surface area contributed by atoms with Crippen molar-refractivity contribution in [3.05, 3.63) is 71.5 Å². The molecule has 0 spiro atoms. The molecule has 0 aromatic heterocycles. The number of rotatable bonds is 4. The third-order valence-corrected chi connectivity index (χ3v) is 5.50. The topological polar surface area (TPSA) is 41.9 Å². The van der Waals surface area contributed by atoms with Gasteiger partial charge >= 0.3 is 5.97 Å². The number of fused-ring (bicyclic) bond motifs is 2. The number of halogens is 1. The van der Waals surface area contributed by atoms with Crippen molar-refractivity contribution in [1.29, 1.82) is 0 Å². The van der Waals surface area contributed by atoms with Gasteiger partial charge in [0.25, 0.3) is 0 Å². The molecule has 2 heterocycles. The first-order valence-corrected chi connectivity index (χ1v) is 9.51. The smallest absolute Gasteiger partial charge is 0.313 e. The number of nitrogens with zero attached hydrogens (tertiary/aromatic N) is 2. The van der Waals surface area contributed by atoms with Gasteiger partial charge in [-0.3, -0.25) is 4.90 Å². The van der Waals surface area contributed by atoms with Gasteiger partial charge in [-0.05, 0) is 42.7 Å². The second kappa shape index (κ2) is 8.01. The van der Waals surface area contributed by atoms with E-state index in [4.69, 9.17) is 4.84 Å². The molecule has 140 valence electrons. The summed E-state index contributed by atoms with van der Waals surface area (Å²) in [5, 5.41) is 4.15. The summed E-state index contributed by atoms with van der Waals surface area (Å²) in [6, 6.07) is 16.8. The second-order valence-corrected chi connectivity index (χ2v) is 7.35. The van der Waals surface area contributed by atoms with Crippen molar-refractivity contribution in [2.24, 2.45) is 5.16 Å². The zero-order valence-corrected chi connectivity index (χ0v) is 15.2. The highest BCUT2D eigenvalue weighted by molar-refractivity contribution is 5.91. The van der Waals surface area contributed by atoms with Gasteiger partial charge in [-0.15, -0.1) is 0 Å². The molecular formula is C22H23FN2O2. The van der Waals surface area contributed by atoms with Gasteiger partial charge in [0, 0.05) is 31.5 Å². The Kier molecular flexibility index (Phi) is 5.30. The highest BCUT2D eigenvalue weighted by atomic mass is 19.1. The summed E-state index contributed by atoms with van der Waals surface area (Å²) in [5.74, 6) is -0.921. The van der Waals surface area contributed by atoms with E-state index < -0.39 is 5.97 Å². The minimum Gasteiger partial charge on any atom is -0.313 e. The second-order valence-electron chi connectivity index (χ2n) is 7.35. The number of carbonyl (C=O) groups excluding carboxylic acids is 1. The molecular weight excluding hydrogens is 343 g/mol. The molecule has 0 saturated carbocycles. The summed E-state index contributed by atoms with van der Waals surface area (Å²) in [5.41, 5.74) is 2.59. The molecule has 5 heteroatoms. The Morgan fingerprint density at radius 2 is 1.70 bits per heavy atom. The Balaban J connectivity index is 1.41. The lowest BCUT2D eigenvalue weighted by molar-refractivity contribution is 0.0476. The Hall–Kier alpha value is -2.53. The van der Waals surface area contributed by atoms with Crippen LogP contribution in [0.4, 0.5) is 4.39 Å². The lowest BCUT2D eigenvalue weighted by Crippen LogP contribution is -2.51. The van der Waals surface area contributed by atoms with E-state index >= 15 is 0 Å². The molecule has 0 unspecified atom stereocenters. The maximum absolute atomic E-state index is 13.0. The monoisotopic (exact) mass is 366 g/mol. The molecule has 2 fully saturated rings. The molecule has 2 aromatic rings. The van der Waals surface area contributed by atoms with E-state index in [-0.39, 0.29) is 5.82 Å². The van der Waals surface area contributed by atoms with Crippen LogP contribution in [0, 0.1) is 5.82 Å². The fourth-order valence-corrected chi connectivity index (χ4v) is 4.16. The minimum absolute atomic E-state index is 0.308. The summed E-state index contributed by atoms with van der Waals surface area (Å²) in [6.07, 6.45) is 5.20. The maximum Gasteiger partial charge on any atom is 0.365 e. The largest absolute Gasteiger partial charge is 0.365 e. The van der Waals surface area contributed by atoms with Gasteiger partial charge in [-0.25, -0.2) is 9.18 Å². The van der Waals surface area contributed by atoms with Crippen molar-refractivity contribution in [3.63, 3.8) is 0 Å². The first-order valence-electron chi connectivity index (χ1n) is 9.51. The zero-order chi connectivity index (χ0) is 18.6. The predicted octanol–water partition coefficient (Wildman–Crippen LogP) is 4.56. The first-order chi connectivity index (χ1) is 13.2. The van der Waals surface area contributed by atoms with E-state index in [1.807, 2.05) is 6.07 Å². The molecule has 2 saturated heterocycles. The van der Waals surface area contributed by atoms with E-state index in [1.165, 1.54) is 36.2 Å². The first kappa shape index (κ1) is 17.9. The number of hydrogen-bond acceptors (Lipinski definition) is 4. The third-order valence-electron chi connectivity index (χ3n) is 5.50. The van der Waals surface area contributed by atoms with E-state index in [9.17, 15) is 9.18 Å². The molecule has 2 aromatic carbocycles. The van der Waals surface area contributed by atoms with Crippen LogP contribution in [0.5, 0.6) is 0 Å². The molecule has 2 bridgehead atoms. The van der Waals surface area contributed by atoms with Crippen LogP contribution >= 0.6 is 0 Å². The molecule has 0 amide bonds. The van der Waals surface area contributed by atoms with Gasteiger partial charge in [0.2, 0.25) is 0 Å². The van der Waals surface area contributed by atoms with Crippen molar-refractivity contribution in [2.45, 2.75) is 50.7 Å². The van der Waals surface area contributed by atoms with Crippen LogP contribution in [0.25, 0.3) is 0 Å². The Morgan fingerprint density at radius 1 is 1.04 bits per heavy atom. The molecule has 4 nitrogen and oxygen atoms in total. The molecule has 27 heavy (non-hydrogen) atoms. The number of oxime groups is 1. The fourth-order valence-electron chi connectivity index (χ4n) is 4.16. The average molecular weight is 366 g/mol. The van der Waals surface area contributed by atoms with Gasteiger partial charge in [-0.1, -0.05) is 41.9 Å². The van der Waals surface area contributed by atoms with Crippen LogP contribution in [0.15, 0.2) is 59.8 Å². The Morgan fingerprint density at radius 3 is 2.37 bits per heavy atom. The third kappa shape index (κ3) is 4.25. The van der Waals surface area contributed by atoms with Crippen molar-refractivity contribution in [2.75, 3.05) is 0 Å². The quantitative estimate of drug-likeness (QED) is 0.589. The molecule has 0 aliphatic carbocycles. The molecule has 0 radical (unpaired) electrons. The molecule has 0 N–H and O–H groups in total. The molecule has 2 atom stereocenters. The minimum atomic E-state index is -0.542. The molecule has 2 aliphatic heterocycles. The van der Waals surface area contributed by atoms with Crippen LogP contribution in [-0.4, -0.2) is 28.7 Å². The number of hydrogen-bond donors (Lipinski definition) is 0. The van der Waals surface area contributed by atoms with Gasteiger partial charge in [0.05, 0.1) is 11.3 Å². The summed E-state index contributed by atoms with van der Waals surface area (Å²) >= 11 is 0. The summed E-state index contributed by atoms with van der Waals surface area (Å²) in [6.45, 7) is 0.957. The molecule has 4 rings (SSSR count). The van der Waals surface area contributed by atoms with Crippen molar-refractivity contribution < 1.29 is 14.0 Å². The lowest BCUT2D eigenvalue weighted by atomic mass is 9.83. The summed E-state index contributed by atoms with van der Waals surface area (Å²) < 4.78 is 13.0. The SMILES string of the molecule is O=C(ON=C1C[C@@H]2CCC[C@@H](C1)N2Cc1ccccc1)c1ccc(F)cc1. The number of benzene rings is 2.